The number of benzene rings is 2. The molecule has 5 heterocycles. The summed E-state index contributed by atoms with van der Waals surface area (Å²) in [5.74, 6) is 6.44. The zero-order chi connectivity index (χ0) is 32.7. The molecule has 1 unspecified atom stereocenters. The molecule has 1 saturated heterocycles. The number of β-amino-alcohol motifs (C(OH)–C–C–N with tert-alkyl or cyclic N) is 1. The number of hydrogen-bond donors (Lipinski definition) is 3. The molecule has 0 spiro atoms. The van der Waals surface area contributed by atoms with Gasteiger partial charge in [0.1, 0.15) is 5.56 Å². The van der Waals surface area contributed by atoms with Crippen LogP contribution in [-0.4, -0.2) is 71.1 Å². The first-order valence-corrected chi connectivity index (χ1v) is 15.3. The number of nitrogens with zero attached hydrogens (tertiary/aromatic N) is 7. The predicted octanol–water partition coefficient (Wildman–Crippen LogP) is 2.63. The molecule has 12 nitrogen and oxygen atoms in total. The van der Waals surface area contributed by atoms with Crippen molar-refractivity contribution in [3.63, 3.8) is 0 Å². The Morgan fingerprint density at radius 3 is 2.68 bits per heavy atom. The minimum Gasteiger partial charge on any atom is -0.395 e. The van der Waals surface area contributed by atoms with Gasteiger partial charge in [0.25, 0.3) is 11.5 Å². The monoisotopic (exact) mass is 627 g/mol. The number of pyridine rings is 1. The largest absolute Gasteiger partial charge is 0.395 e. The van der Waals surface area contributed by atoms with Gasteiger partial charge in [-0.1, -0.05) is 42.2 Å². The summed E-state index contributed by atoms with van der Waals surface area (Å²) >= 11 is 0. The summed E-state index contributed by atoms with van der Waals surface area (Å²) in [6.45, 7) is 4.28. The number of aliphatic hydroxyl groups is 1. The normalized spacial score (nSPS) is 14.1. The van der Waals surface area contributed by atoms with Gasteiger partial charge < -0.3 is 16.2 Å². The average molecular weight is 628 g/mol. The zero-order valence-corrected chi connectivity index (χ0v) is 26.0. The number of likely N-dealkylation sites (tertiary alicyclic amines) is 1. The molecule has 1 fully saturated rings. The van der Waals surface area contributed by atoms with Crippen LogP contribution in [0, 0.1) is 11.8 Å². The summed E-state index contributed by atoms with van der Waals surface area (Å²) in [6.07, 6.45) is 5.01. The number of aliphatic hydroxyl groups excluding tert-OH is 1. The maximum absolute atomic E-state index is 14.5. The minimum atomic E-state index is -0.599. The van der Waals surface area contributed by atoms with E-state index in [0.717, 1.165) is 24.3 Å². The fraction of sp³-hybridized carbons (Fsp3) is 0.229. The van der Waals surface area contributed by atoms with E-state index in [-0.39, 0.29) is 29.5 Å². The smallest absolute Gasteiger partial charge is 0.264 e. The molecule has 0 saturated carbocycles. The van der Waals surface area contributed by atoms with E-state index in [4.69, 9.17) is 5.73 Å². The molecule has 47 heavy (non-hydrogen) atoms. The van der Waals surface area contributed by atoms with Gasteiger partial charge in [-0.05, 0) is 42.6 Å². The molecule has 1 atom stereocenters. The number of amides is 1. The van der Waals surface area contributed by atoms with E-state index in [2.05, 4.69) is 37.2 Å². The number of nitrogen functional groups attached to an aromatic ring is 1. The van der Waals surface area contributed by atoms with E-state index < -0.39 is 11.9 Å². The maximum atomic E-state index is 14.5. The molecule has 6 aromatic rings. The SMILES string of the molecule is CC(NC(=O)c1c(N)nn2cccnc12)c1cc2cccc(C#Cc3cnn(C)c3C3CN(CCO)C3)c2c(=O)n1-c1ccccc1. The van der Waals surface area contributed by atoms with Gasteiger partial charge in [-0.3, -0.25) is 23.7 Å². The Morgan fingerprint density at radius 2 is 1.89 bits per heavy atom. The first-order chi connectivity index (χ1) is 22.8. The predicted molar refractivity (Wildman–Crippen MR) is 178 cm³/mol. The minimum absolute atomic E-state index is 0.0622. The van der Waals surface area contributed by atoms with Crippen molar-refractivity contribution in [3.05, 3.63) is 118 Å². The number of aryl methyl sites for hydroxylation is 1. The highest BCUT2D eigenvalue weighted by molar-refractivity contribution is 6.04. The summed E-state index contributed by atoms with van der Waals surface area (Å²) in [7, 11) is 1.91. The fourth-order valence-electron chi connectivity index (χ4n) is 6.34. The number of fused-ring (bicyclic) bond motifs is 2. The van der Waals surface area contributed by atoms with E-state index in [1.807, 2.05) is 73.3 Å². The second-order valence-corrected chi connectivity index (χ2v) is 11.7. The zero-order valence-electron chi connectivity index (χ0n) is 26.0. The summed E-state index contributed by atoms with van der Waals surface area (Å²) in [6, 6.07) is 17.9. The number of anilines is 1. The number of nitrogens with two attached hydrogens (primary N) is 1. The van der Waals surface area contributed by atoms with Crippen LogP contribution in [0.1, 0.15) is 51.8 Å². The molecule has 1 aliphatic rings. The Labute approximate surface area is 270 Å². The molecule has 4 aromatic heterocycles. The molecule has 0 bridgehead atoms. The quantitative estimate of drug-likeness (QED) is 0.229. The fourth-order valence-corrected chi connectivity index (χ4v) is 6.34. The van der Waals surface area contributed by atoms with Crippen molar-refractivity contribution in [3.8, 4) is 17.5 Å². The van der Waals surface area contributed by atoms with Crippen LogP contribution in [0.3, 0.4) is 0 Å². The Kier molecular flexibility index (Phi) is 7.77. The highest BCUT2D eigenvalue weighted by atomic mass is 16.3. The molecule has 2 aromatic carbocycles. The molecule has 236 valence electrons. The van der Waals surface area contributed by atoms with E-state index in [9.17, 15) is 14.7 Å². The number of nitrogens with one attached hydrogen (secondary N) is 1. The van der Waals surface area contributed by atoms with Gasteiger partial charge in [-0.25, -0.2) is 9.50 Å². The highest BCUT2D eigenvalue weighted by Crippen LogP contribution is 2.29. The Morgan fingerprint density at radius 1 is 1.11 bits per heavy atom. The second kappa shape index (κ2) is 12.2. The van der Waals surface area contributed by atoms with E-state index in [1.54, 1.807) is 29.2 Å². The van der Waals surface area contributed by atoms with E-state index in [0.29, 0.717) is 39.9 Å². The summed E-state index contributed by atoms with van der Waals surface area (Å²) in [4.78, 5) is 34.5. The molecule has 1 amide bonds. The first kappa shape index (κ1) is 29.9. The lowest BCUT2D eigenvalue weighted by Crippen LogP contribution is -2.47. The number of carbonyl (C=O) groups excluding carboxylic acids is 1. The molecule has 12 heteroatoms. The van der Waals surface area contributed by atoms with Gasteiger partial charge in [-0.2, -0.15) is 5.10 Å². The second-order valence-electron chi connectivity index (χ2n) is 11.7. The Balaban J connectivity index is 1.29. The van der Waals surface area contributed by atoms with Crippen LogP contribution in [0.4, 0.5) is 5.82 Å². The average Bonchev–Trinajstić information content (AvgIpc) is 3.59. The van der Waals surface area contributed by atoms with Crippen LogP contribution < -0.4 is 16.6 Å². The van der Waals surface area contributed by atoms with Crippen molar-refractivity contribution in [1.29, 1.82) is 0 Å². The number of rotatable bonds is 7. The van der Waals surface area contributed by atoms with Gasteiger partial charge in [0.2, 0.25) is 0 Å². The van der Waals surface area contributed by atoms with Crippen molar-refractivity contribution in [1.82, 2.24) is 39.2 Å². The molecule has 0 aliphatic carbocycles. The van der Waals surface area contributed by atoms with Crippen LogP contribution in [0.2, 0.25) is 0 Å². The van der Waals surface area contributed by atoms with Crippen molar-refractivity contribution < 1.29 is 9.90 Å². The van der Waals surface area contributed by atoms with Gasteiger partial charge in [0.15, 0.2) is 11.5 Å². The third kappa shape index (κ3) is 5.41. The molecule has 0 radical (unpaired) electrons. The maximum Gasteiger partial charge on any atom is 0.264 e. The lowest BCUT2D eigenvalue weighted by Gasteiger charge is -2.39. The molecular formula is C35H33N9O3. The van der Waals surface area contributed by atoms with Crippen LogP contribution in [0.15, 0.2) is 84.0 Å². The van der Waals surface area contributed by atoms with E-state index in [1.165, 1.54) is 4.52 Å². The number of aromatic nitrogens is 6. The van der Waals surface area contributed by atoms with Gasteiger partial charge in [0, 0.05) is 61.9 Å². The van der Waals surface area contributed by atoms with Crippen LogP contribution in [0.5, 0.6) is 0 Å². The molecule has 1 aliphatic heterocycles. The van der Waals surface area contributed by atoms with E-state index >= 15 is 0 Å². The van der Waals surface area contributed by atoms with Crippen LogP contribution in [-0.2, 0) is 7.05 Å². The first-order valence-electron chi connectivity index (χ1n) is 15.3. The van der Waals surface area contributed by atoms with Gasteiger partial charge in [0.05, 0.1) is 35.5 Å². The third-order valence-electron chi connectivity index (χ3n) is 8.61. The number of hydrogen-bond acceptors (Lipinski definition) is 8. The van der Waals surface area contributed by atoms with Crippen molar-refractivity contribution in [2.45, 2.75) is 18.9 Å². The summed E-state index contributed by atoms with van der Waals surface area (Å²) in [5.41, 5.74) is 10.1. The summed E-state index contributed by atoms with van der Waals surface area (Å²) < 4.78 is 4.94. The molecule has 7 rings (SSSR count). The lowest BCUT2D eigenvalue weighted by molar-refractivity contribution is 0.0941. The highest BCUT2D eigenvalue weighted by Gasteiger charge is 2.31. The number of para-hydroxylation sites is 1. The van der Waals surface area contributed by atoms with Crippen molar-refractivity contribution >= 4 is 28.1 Å². The van der Waals surface area contributed by atoms with Crippen LogP contribution >= 0.6 is 0 Å². The standard InChI is InChI=1S/C35H33N9O3/c1-22(39-34(46)30-32(36)40-43-15-7-14-37-33(30)43)28-18-24-9-6-8-23(29(24)35(47)44(28)27-10-4-3-5-11-27)12-13-25-19-38-41(2)31(25)26-20-42(21-26)16-17-45/h3-11,14-15,18-19,22,26,45H,16-17,20-21H2,1-2H3,(H2,36,40)(H,39,46). The molecular weight excluding hydrogens is 594 g/mol. The van der Waals surface area contributed by atoms with Crippen molar-refractivity contribution in [2.75, 3.05) is 32.0 Å². The van der Waals surface area contributed by atoms with Crippen LogP contribution in [0.25, 0.3) is 22.1 Å². The topological polar surface area (TPSA) is 149 Å². The lowest BCUT2D eigenvalue weighted by atomic mass is 9.93. The number of carbonyl (C=O) groups is 1. The Bertz CT molecular complexity index is 2250. The third-order valence-corrected chi connectivity index (χ3v) is 8.61. The van der Waals surface area contributed by atoms with Gasteiger partial charge >= 0.3 is 0 Å². The van der Waals surface area contributed by atoms with Crippen molar-refractivity contribution in [2.24, 2.45) is 7.05 Å². The summed E-state index contributed by atoms with van der Waals surface area (Å²) in [5, 5.41) is 22.1. The molecule has 4 N–H and O–H groups in total. The Hall–Kier alpha value is -5.77. The van der Waals surface area contributed by atoms with Gasteiger partial charge in [-0.15, -0.1) is 5.10 Å².